The van der Waals surface area contributed by atoms with Crippen molar-refractivity contribution in [2.45, 2.75) is 24.7 Å². The van der Waals surface area contributed by atoms with E-state index in [0.29, 0.717) is 0 Å². The van der Waals surface area contributed by atoms with Gasteiger partial charge in [-0.25, -0.2) is 0 Å². The van der Waals surface area contributed by atoms with E-state index >= 15 is 0 Å². The molecular weight excluding hydrogens is 725 g/mol. The van der Waals surface area contributed by atoms with E-state index in [1.807, 2.05) is 0 Å². The summed E-state index contributed by atoms with van der Waals surface area (Å²) >= 11 is 0. The van der Waals surface area contributed by atoms with Gasteiger partial charge in [0.15, 0.2) is 0 Å². The van der Waals surface area contributed by atoms with E-state index in [1.165, 1.54) is 50.2 Å². The van der Waals surface area contributed by atoms with Crippen molar-refractivity contribution in [1.82, 2.24) is 0 Å². The molecule has 60 heavy (non-hydrogen) atoms. The van der Waals surface area contributed by atoms with Crippen molar-refractivity contribution in [3.05, 3.63) is 264 Å². The summed E-state index contributed by atoms with van der Waals surface area (Å²) in [5.41, 5.74) is 18.9. The minimum absolute atomic E-state index is 0.104. The first kappa shape index (κ1) is 35.7. The van der Waals surface area contributed by atoms with Gasteiger partial charge >= 0.3 is 0 Å². The first-order valence-corrected chi connectivity index (χ1v) is 20.9. The maximum absolute atomic E-state index is 2.46. The molecule has 0 aromatic heterocycles. The normalized spacial score (nSPS) is 14.1. The monoisotopic (exact) mass is 768 g/mol. The number of rotatable bonds is 7. The van der Waals surface area contributed by atoms with Crippen LogP contribution in [0.3, 0.4) is 0 Å². The summed E-state index contributed by atoms with van der Waals surface area (Å²) < 4.78 is 0. The molecule has 11 rings (SSSR count). The van der Waals surface area contributed by atoms with Crippen LogP contribution in [-0.2, 0) is 10.8 Å². The molecule has 9 aromatic carbocycles. The minimum Gasteiger partial charge on any atom is -0.310 e. The summed E-state index contributed by atoms with van der Waals surface area (Å²) in [4.78, 5) is 4.87. The average molecular weight is 769 g/mol. The van der Waals surface area contributed by atoms with Gasteiger partial charge in [0, 0.05) is 28.2 Å². The Bertz CT molecular complexity index is 2970. The highest BCUT2D eigenvalue weighted by Gasteiger charge is 2.46. The summed E-state index contributed by atoms with van der Waals surface area (Å²) in [6.07, 6.45) is 0. The fourth-order valence-corrected chi connectivity index (χ4v) is 10.2. The first-order chi connectivity index (χ1) is 29.5. The zero-order chi connectivity index (χ0) is 40.3. The van der Waals surface area contributed by atoms with Gasteiger partial charge in [0.05, 0.1) is 16.8 Å². The molecule has 1 heterocycles. The highest BCUT2D eigenvalue weighted by atomic mass is 15.2. The second kappa shape index (κ2) is 14.1. The first-order valence-electron chi connectivity index (χ1n) is 20.9. The van der Waals surface area contributed by atoms with Crippen LogP contribution in [0.15, 0.2) is 231 Å². The summed E-state index contributed by atoms with van der Waals surface area (Å²) in [7, 11) is 0. The van der Waals surface area contributed by atoms with E-state index in [4.69, 9.17) is 0 Å². The van der Waals surface area contributed by atoms with Gasteiger partial charge in [0.2, 0.25) is 0 Å². The maximum atomic E-state index is 2.46. The van der Waals surface area contributed by atoms with E-state index in [0.717, 1.165) is 39.6 Å². The Morgan fingerprint density at radius 1 is 0.350 bits per heavy atom. The molecule has 0 saturated heterocycles. The number of fused-ring (bicyclic) bond motifs is 5. The van der Waals surface area contributed by atoms with Gasteiger partial charge < -0.3 is 9.80 Å². The van der Waals surface area contributed by atoms with Crippen molar-refractivity contribution < 1.29 is 0 Å². The van der Waals surface area contributed by atoms with E-state index in [1.54, 1.807) is 0 Å². The van der Waals surface area contributed by atoms with Crippen LogP contribution in [0.2, 0.25) is 0 Å². The zero-order valence-electron chi connectivity index (χ0n) is 33.8. The van der Waals surface area contributed by atoms with Gasteiger partial charge in [0.1, 0.15) is 0 Å². The number of hydrogen-bond acceptors (Lipinski definition) is 2. The quantitative estimate of drug-likeness (QED) is 0.159. The smallest absolute Gasteiger partial charge is 0.0742 e. The number of benzene rings is 9. The molecule has 0 N–H and O–H groups in total. The largest absolute Gasteiger partial charge is 0.310 e. The molecule has 0 saturated carbocycles. The number of nitrogens with zero attached hydrogens (tertiary/aromatic N) is 2. The highest BCUT2D eigenvalue weighted by Crippen LogP contribution is 2.58. The Labute approximate surface area is 353 Å². The molecule has 0 radical (unpaired) electrons. The highest BCUT2D eigenvalue weighted by molar-refractivity contribution is 5.92. The molecule has 0 bridgehead atoms. The van der Waals surface area contributed by atoms with Crippen LogP contribution >= 0.6 is 0 Å². The molecule has 286 valence electrons. The Kier molecular flexibility index (Phi) is 8.42. The number of para-hydroxylation sites is 3. The fourth-order valence-electron chi connectivity index (χ4n) is 10.2. The van der Waals surface area contributed by atoms with E-state index in [2.05, 4.69) is 254 Å². The van der Waals surface area contributed by atoms with E-state index in [-0.39, 0.29) is 5.41 Å². The van der Waals surface area contributed by atoms with Gasteiger partial charge in [-0.05, 0) is 116 Å². The molecule has 9 aromatic rings. The van der Waals surface area contributed by atoms with Crippen LogP contribution < -0.4 is 9.80 Å². The Morgan fingerprint density at radius 2 is 0.883 bits per heavy atom. The summed E-state index contributed by atoms with van der Waals surface area (Å²) in [5, 5.41) is 0. The molecule has 2 aliphatic rings. The number of anilines is 6. The van der Waals surface area contributed by atoms with Crippen LogP contribution in [0.4, 0.5) is 34.1 Å². The molecule has 0 spiro atoms. The van der Waals surface area contributed by atoms with Gasteiger partial charge in [0.25, 0.3) is 0 Å². The lowest BCUT2D eigenvalue weighted by Gasteiger charge is -2.46. The third-order valence-electron chi connectivity index (χ3n) is 12.9. The van der Waals surface area contributed by atoms with Gasteiger partial charge in [-0.15, -0.1) is 0 Å². The predicted octanol–water partition coefficient (Wildman–Crippen LogP) is 15.3. The molecule has 1 aliphatic heterocycles. The second-order valence-electron chi connectivity index (χ2n) is 16.5. The van der Waals surface area contributed by atoms with Crippen LogP contribution in [0.5, 0.6) is 0 Å². The van der Waals surface area contributed by atoms with Gasteiger partial charge in [-0.1, -0.05) is 184 Å². The van der Waals surface area contributed by atoms with E-state index < -0.39 is 5.41 Å². The Balaban J connectivity index is 1.11. The topological polar surface area (TPSA) is 6.48 Å². The van der Waals surface area contributed by atoms with Crippen molar-refractivity contribution in [1.29, 1.82) is 0 Å². The third-order valence-corrected chi connectivity index (χ3v) is 12.9. The molecule has 0 amide bonds. The summed E-state index contributed by atoms with van der Waals surface area (Å²) in [6, 6.07) is 84.7. The lowest BCUT2D eigenvalue weighted by atomic mass is 9.62. The zero-order valence-corrected chi connectivity index (χ0v) is 33.8. The van der Waals surface area contributed by atoms with E-state index in [9.17, 15) is 0 Å². The summed E-state index contributed by atoms with van der Waals surface area (Å²) in [5.74, 6) is 0. The Morgan fingerprint density at radius 3 is 1.60 bits per heavy atom. The van der Waals surface area contributed by atoms with Crippen molar-refractivity contribution in [2.24, 2.45) is 0 Å². The lowest BCUT2D eigenvalue weighted by Crippen LogP contribution is -2.37. The molecule has 0 unspecified atom stereocenters. The van der Waals surface area contributed by atoms with Gasteiger partial charge in [-0.2, -0.15) is 0 Å². The lowest BCUT2D eigenvalue weighted by molar-refractivity contribution is 0.660. The fraction of sp³-hybridized carbons (Fsp3) is 0.0690. The molecule has 0 atom stereocenters. The van der Waals surface area contributed by atoms with Crippen molar-refractivity contribution >= 4 is 34.1 Å². The predicted molar refractivity (Wildman–Crippen MR) is 251 cm³/mol. The average Bonchev–Trinajstić information content (AvgIpc) is 3.54. The van der Waals surface area contributed by atoms with Crippen LogP contribution in [-0.4, -0.2) is 0 Å². The molecular formula is C58H44N2. The molecule has 2 heteroatoms. The maximum Gasteiger partial charge on any atom is 0.0742 e. The van der Waals surface area contributed by atoms with Gasteiger partial charge in [-0.3, -0.25) is 0 Å². The number of hydrogen-bond donors (Lipinski definition) is 0. The third kappa shape index (κ3) is 5.48. The molecule has 1 aliphatic carbocycles. The van der Waals surface area contributed by atoms with Crippen LogP contribution in [0.1, 0.15) is 47.2 Å². The molecule has 2 nitrogen and oxygen atoms in total. The van der Waals surface area contributed by atoms with Crippen molar-refractivity contribution in [3.63, 3.8) is 0 Å². The summed E-state index contributed by atoms with van der Waals surface area (Å²) in [6.45, 7) is 4.71. The molecule has 0 fully saturated rings. The van der Waals surface area contributed by atoms with Crippen LogP contribution in [0, 0.1) is 0 Å². The van der Waals surface area contributed by atoms with Crippen molar-refractivity contribution in [2.75, 3.05) is 9.80 Å². The van der Waals surface area contributed by atoms with Crippen molar-refractivity contribution in [3.8, 4) is 22.3 Å². The second-order valence-corrected chi connectivity index (χ2v) is 16.5. The standard InChI is InChI=1S/C58H44N2/c1-57(2)51-31-16-15-30-49(51)50-36-35-48(40-54(50)57)59(45-25-11-5-12-26-45)47-29-19-20-41(38-47)42-34-37-53-56(39-42)60(46-27-13-6-14-28-46)55-33-18-17-32-52(55)58(53,43-21-7-3-8-22-43)44-23-9-4-10-24-44/h3-40H,1-2H3. The Hall–Kier alpha value is -7.42. The van der Waals surface area contributed by atoms with Crippen LogP contribution in [0.25, 0.3) is 22.3 Å². The SMILES string of the molecule is CC1(C)c2ccccc2-c2ccc(N(c3ccccc3)c3cccc(-c4ccc5c(c4)N(c4ccccc4)c4ccccc4C5(c4ccccc4)c4ccccc4)c3)cc21. The minimum atomic E-state index is -0.550.